The van der Waals surface area contributed by atoms with Gasteiger partial charge in [-0.25, -0.2) is 0 Å². The fourth-order valence-corrected chi connectivity index (χ4v) is 7.50. The summed E-state index contributed by atoms with van der Waals surface area (Å²) in [5, 5.41) is 21.0. The number of carbonyl (C=O) groups is 3. The fourth-order valence-electron chi connectivity index (χ4n) is 6.43. The normalized spacial score (nSPS) is 12.7. The number of nitrogens with two attached hydrogens (primary N) is 1. The molecule has 2 aromatic carbocycles. The first-order chi connectivity index (χ1) is 24.2. The Morgan fingerprint density at radius 1 is 0.860 bits per heavy atom. The number of unbranched alkanes of at least 4 members (excludes halogenated alkanes) is 8. The first-order valence-corrected chi connectivity index (χ1v) is 19.0. The van der Waals surface area contributed by atoms with E-state index in [9.17, 15) is 24.6 Å². The molecule has 272 valence electrons. The van der Waals surface area contributed by atoms with Crippen LogP contribution in [0.25, 0.3) is 21.0 Å². The predicted molar refractivity (Wildman–Crippen MR) is 199 cm³/mol. The van der Waals surface area contributed by atoms with Crippen molar-refractivity contribution in [3.05, 3.63) is 70.2 Å². The van der Waals surface area contributed by atoms with E-state index in [0.717, 1.165) is 45.8 Å². The number of thiophene rings is 1. The molecule has 0 spiro atoms. The summed E-state index contributed by atoms with van der Waals surface area (Å²) in [5.74, 6) is -1.11. The van der Waals surface area contributed by atoms with Crippen LogP contribution in [-0.4, -0.2) is 51.3 Å². The number of benzene rings is 2. The molecule has 2 atom stereocenters. The van der Waals surface area contributed by atoms with Crippen molar-refractivity contribution in [2.75, 3.05) is 6.61 Å². The second-order valence-electron chi connectivity index (χ2n) is 13.3. The summed E-state index contributed by atoms with van der Waals surface area (Å²) in [5.41, 5.74) is 9.68. The van der Waals surface area contributed by atoms with Gasteiger partial charge in [0.25, 0.3) is 0 Å². The second kappa shape index (κ2) is 20.3. The number of ketones is 1. The van der Waals surface area contributed by atoms with Crippen molar-refractivity contribution in [3.63, 3.8) is 0 Å². The predicted octanol–water partition coefficient (Wildman–Crippen LogP) is 7.68. The molecule has 0 fully saturated rings. The molecule has 0 aliphatic heterocycles. The Labute approximate surface area is 299 Å². The van der Waals surface area contributed by atoms with Gasteiger partial charge in [-0.2, -0.15) is 0 Å². The van der Waals surface area contributed by atoms with Crippen LogP contribution in [-0.2, 0) is 45.7 Å². The van der Waals surface area contributed by atoms with Gasteiger partial charge in [0, 0.05) is 48.1 Å². The first-order valence-electron chi connectivity index (χ1n) is 18.2. The smallest absolute Gasteiger partial charge is 0.323 e. The number of hydrogen-bond acceptors (Lipinski definition) is 9. The van der Waals surface area contributed by atoms with Gasteiger partial charge in [0.1, 0.15) is 12.1 Å². The van der Waals surface area contributed by atoms with Gasteiger partial charge >= 0.3 is 11.9 Å². The third kappa shape index (κ3) is 11.5. The highest BCUT2D eigenvalue weighted by Gasteiger charge is 2.23. The van der Waals surface area contributed by atoms with E-state index in [-0.39, 0.29) is 38.4 Å². The number of carbonyl (C=O) groups excluding carboxylic acids is 3. The number of rotatable bonds is 23. The number of esters is 2. The van der Waals surface area contributed by atoms with E-state index in [2.05, 4.69) is 6.92 Å². The summed E-state index contributed by atoms with van der Waals surface area (Å²) < 4.78 is 14.3. The van der Waals surface area contributed by atoms with Crippen molar-refractivity contribution in [1.82, 2.24) is 4.57 Å². The minimum Gasteiger partial charge on any atom is -0.466 e. The van der Waals surface area contributed by atoms with Gasteiger partial charge in [-0.1, -0.05) is 76.5 Å². The minimum absolute atomic E-state index is 0.00521. The lowest BCUT2D eigenvalue weighted by Gasteiger charge is -2.20. The Kier molecular flexibility index (Phi) is 15.9. The summed E-state index contributed by atoms with van der Waals surface area (Å²) >= 11 is 1.30. The van der Waals surface area contributed by atoms with Gasteiger partial charge in [-0.3, -0.25) is 14.4 Å². The van der Waals surface area contributed by atoms with Crippen LogP contribution in [0, 0.1) is 0 Å². The zero-order valence-electron chi connectivity index (χ0n) is 29.7. The lowest BCUT2D eigenvalue weighted by molar-refractivity contribution is -0.153. The maximum Gasteiger partial charge on any atom is 0.323 e. The zero-order chi connectivity index (χ0) is 35.9. The maximum absolute atomic E-state index is 13.2. The summed E-state index contributed by atoms with van der Waals surface area (Å²) in [4.78, 5) is 39.2. The van der Waals surface area contributed by atoms with Crippen LogP contribution in [0.4, 0.5) is 0 Å². The average molecular weight is 707 g/mol. The first kappa shape index (κ1) is 39.2. The third-order valence-electron chi connectivity index (χ3n) is 9.35. The largest absolute Gasteiger partial charge is 0.466 e. The number of aryl methyl sites for hydroxylation is 1. The molecule has 0 bridgehead atoms. The quantitative estimate of drug-likeness (QED) is 0.0405. The Hall–Kier alpha value is -3.57. The number of aromatic nitrogens is 1. The zero-order valence-corrected chi connectivity index (χ0v) is 30.5. The summed E-state index contributed by atoms with van der Waals surface area (Å²) in [6.45, 7) is 1.90. The number of fused-ring (bicyclic) bond motifs is 2. The van der Waals surface area contributed by atoms with E-state index < -0.39 is 24.1 Å². The molecule has 0 aliphatic rings. The molecule has 0 saturated heterocycles. The number of aliphatic hydroxyl groups excluding tert-OH is 2. The lowest BCUT2D eigenvalue weighted by Crippen LogP contribution is -2.37. The fraction of sp³-hybridized carbons (Fsp3) is 0.525. The van der Waals surface area contributed by atoms with Crippen molar-refractivity contribution in [2.24, 2.45) is 12.8 Å². The van der Waals surface area contributed by atoms with Gasteiger partial charge in [-0.15, -0.1) is 11.3 Å². The molecule has 0 radical (unpaired) electrons. The SMILES string of the molecule is CCCCCCCCCCCC(CCOC(=O)CCC(=O)c1cc2cc(CO)c(CO)cc2s1)OC(=O)[C@H](N)Cc1cn(C)c2ccccc12. The molecule has 2 aromatic heterocycles. The topological polar surface area (TPSA) is 141 Å². The van der Waals surface area contributed by atoms with Crippen LogP contribution in [0.2, 0.25) is 0 Å². The Morgan fingerprint density at radius 3 is 2.26 bits per heavy atom. The van der Waals surface area contributed by atoms with Gasteiger partial charge in [0.15, 0.2) is 5.78 Å². The number of nitrogens with zero attached hydrogens (tertiary/aromatic N) is 1. The second-order valence-corrected chi connectivity index (χ2v) is 14.4. The van der Waals surface area contributed by atoms with E-state index in [1.807, 2.05) is 42.1 Å². The van der Waals surface area contributed by atoms with Crippen LogP contribution in [0.3, 0.4) is 0 Å². The van der Waals surface area contributed by atoms with E-state index in [1.54, 1.807) is 18.2 Å². The molecule has 4 aromatic rings. The standard InChI is InChI=1S/C40H54N2O7S/c1-3-4-5-6-7-8-9-10-11-14-32(49-40(47)34(41)22-29-25-42(2)35-16-13-12-15-33(29)35)19-20-48-39(46)18-17-36(45)38-23-28-21-30(26-43)31(27-44)24-37(28)50-38/h12-13,15-16,21,23-25,32,34,43-44H,3-11,14,17-20,22,26-27,41H2,1-2H3/t32?,34-/m1/s1. The lowest BCUT2D eigenvalue weighted by atomic mass is 10.0. The van der Waals surface area contributed by atoms with Crippen molar-refractivity contribution in [2.45, 2.75) is 122 Å². The number of ether oxygens (including phenoxy) is 2. The molecule has 10 heteroatoms. The van der Waals surface area contributed by atoms with Crippen molar-refractivity contribution in [3.8, 4) is 0 Å². The van der Waals surface area contributed by atoms with Gasteiger partial charge in [-0.05, 0) is 59.2 Å². The molecule has 0 saturated carbocycles. The molecule has 4 N–H and O–H groups in total. The van der Waals surface area contributed by atoms with Crippen LogP contribution < -0.4 is 5.73 Å². The van der Waals surface area contributed by atoms with Crippen molar-refractivity contribution < 1.29 is 34.1 Å². The Balaban J connectivity index is 1.26. The van der Waals surface area contributed by atoms with Crippen molar-refractivity contribution >= 4 is 50.0 Å². The average Bonchev–Trinajstić information content (AvgIpc) is 3.68. The van der Waals surface area contributed by atoms with Gasteiger partial charge in [0.2, 0.25) is 0 Å². The number of para-hydroxylation sites is 1. The number of hydrogen-bond donors (Lipinski definition) is 3. The molecule has 1 unspecified atom stereocenters. The van der Waals surface area contributed by atoms with Gasteiger partial charge < -0.3 is 30.0 Å². The van der Waals surface area contributed by atoms with E-state index in [1.165, 1.54) is 49.9 Å². The molecule has 50 heavy (non-hydrogen) atoms. The molecular weight excluding hydrogens is 653 g/mol. The highest BCUT2D eigenvalue weighted by atomic mass is 32.1. The van der Waals surface area contributed by atoms with E-state index in [4.69, 9.17) is 15.2 Å². The molecule has 2 heterocycles. The van der Waals surface area contributed by atoms with Crippen molar-refractivity contribution in [1.29, 1.82) is 0 Å². The van der Waals surface area contributed by atoms with Crippen LogP contribution in [0.1, 0.15) is 117 Å². The molecule has 4 rings (SSSR count). The maximum atomic E-state index is 13.2. The summed E-state index contributed by atoms with van der Waals surface area (Å²) in [6.07, 6.45) is 13.6. The number of aliphatic hydroxyl groups is 2. The van der Waals surface area contributed by atoms with E-state index in [0.29, 0.717) is 35.3 Å². The van der Waals surface area contributed by atoms with Crippen LogP contribution >= 0.6 is 11.3 Å². The monoisotopic (exact) mass is 706 g/mol. The van der Waals surface area contributed by atoms with Gasteiger partial charge in [0.05, 0.1) is 31.1 Å². The Morgan fingerprint density at radius 2 is 1.54 bits per heavy atom. The number of Topliss-reactive ketones (excluding diaryl/α,β-unsaturated/α-hetero) is 1. The molecule has 0 aliphatic carbocycles. The highest BCUT2D eigenvalue weighted by molar-refractivity contribution is 7.20. The molecule has 0 amide bonds. The highest BCUT2D eigenvalue weighted by Crippen LogP contribution is 2.30. The Bertz CT molecular complexity index is 1650. The van der Waals surface area contributed by atoms with Crippen LogP contribution in [0.5, 0.6) is 0 Å². The van der Waals surface area contributed by atoms with E-state index >= 15 is 0 Å². The molecular formula is C40H54N2O7S. The summed E-state index contributed by atoms with van der Waals surface area (Å²) in [6, 6.07) is 12.5. The third-order valence-corrected chi connectivity index (χ3v) is 10.5. The van der Waals surface area contributed by atoms with Crippen LogP contribution in [0.15, 0.2) is 48.7 Å². The summed E-state index contributed by atoms with van der Waals surface area (Å²) in [7, 11) is 1.97. The molecule has 9 nitrogen and oxygen atoms in total. The minimum atomic E-state index is -0.820.